The molecule has 1 aliphatic heterocycles. The lowest BCUT2D eigenvalue weighted by Gasteiger charge is -2.23. The van der Waals surface area contributed by atoms with E-state index in [1.54, 1.807) is 6.07 Å². The van der Waals surface area contributed by atoms with Crippen LogP contribution in [0.1, 0.15) is 23.5 Å². The Morgan fingerprint density at radius 2 is 2.04 bits per heavy atom. The summed E-state index contributed by atoms with van der Waals surface area (Å²) in [6.07, 6.45) is 6.33. The van der Waals surface area contributed by atoms with Crippen LogP contribution < -0.4 is 0 Å². The summed E-state index contributed by atoms with van der Waals surface area (Å²) in [5.74, 6) is -0.562. The number of allylic oxidation sites excluding steroid dienone is 2. The number of hydrogen-bond donors (Lipinski definition) is 1. The van der Waals surface area contributed by atoms with Gasteiger partial charge in [0.25, 0.3) is 0 Å². The van der Waals surface area contributed by atoms with Gasteiger partial charge in [-0.05, 0) is 35.4 Å². The van der Waals surface area contributed by atoms with Gasteiger partial charge in [0, 0.05) is 47.2 Å². The Morgan fingerprint density at radius 3 is 2.67 bits per heavy atom. The average molecular weight is 450 g/mol. The number of benzene rings is 2. The highest BCUT2D eigenvalue weighted by molar-refractivity contribution is 9.10. The van der Waals surface area contributed by atoms with Gasteiger partial charge in [0.15, 0.2) is 0 Å². The molecule has 0 saturated carbocycles. The first-order valence-electron chi connectivity index (χ1n) is 8.48. The fourth-order valence-electron chi connectivity index (χ4n) is 3.15. The van der Waals surface area contributed by atoms with E-state index in [2.05, 4.69) is 21.1 Å². The number of hydrogen-bond acceptors (Lipinski definition) is 3. The Morgan fingerprint density at radius 1 is 1.30 bits per heavy atom. The maximum atomic E-state index is 13.6. The molecule has 1 aliphatic rings. The highest BCUT2D eigenvalue weighted by Crippen LogP contribution is 2.35. The molecule has 1 N–H and O–H groups in total. The van der Waals surface area contributed by atoms with Crippen molar-refractivity contribution >= 4 is 33.2 Å². The van der Waals surface area contributed by atoms with E-state index < -0.39 is 0 Å². The second kappa shape index (κ2) is 8.72. The molecule has 27 heavy (non-hydrogen) atoms. The fraction of sp³-hybridized carbons (Fsp3) is 0.190. The molecule has 0 fully saturated rings. The summed E-state index contributed by atoms with van der Waals surface area (Å²) in [5.41, 5.74) is 3.18. The Balaban J connectivity index is 2.01. The van der Waals surface area contributed by atoms with Gasteiger partial charge >= 0.3 is 0 Å². The first kappa shape index (κ1) is 19.6. The molecule has 3 rings (SSSR count). The smallest absolute Gasteiger partial charge is 0.124 e. The van der Waals surface area contributed by atoms with Gasteiger partial charge in [-0.15, -0.1) is 0 Å². The van der Waals surface area contributed by atoms with Gasteiger partial charge in [0.1, 0.15) is 5.82 Å². The first-order valence-corrected chi connectivity index (χ1v) is 9.65. The van der Waals surface area contributed by atoms with Crippen molar-refractivity contribution in [2.75, 3.05) is 13.6 Å². The van der Waals surface area contributed by atoms with Crippen LogP contribution in [0.4, 0.5) is 4.39 Å². The zero-order valence-electron chi connectivity index (χ0n) is 14.7. The van der Waals surface area contributed by atoms with E-state index in [1.807, 2.05) is 54.6 Å². The maximum absolute atomic E-state index is 13.6. The number of nitrogens with zero attached hydrogens (tertiary/aromatic N) is 2. The van der Waals surface area contributed by atoms with Crippen molar-refractivity contribution in [3.8, 4) is 0 Å². The summed E-state index contributed by atoms with van der Waals surface area (Å²) in [6.45, 7) is 0.808. The Hall–Kier alpha value is -2.11. The van der Waals surface area contributed by atoms with Crippen LogP contribution in [0.3, 0.4) is 0 Å². The number of halogens is 3. The minimum atomic E-state index is -0.381. The lowest BCUT2D eigenvalue weighted by atomic mass is 9.85. The lowest BCUT2D eigenvalue weighted by Crippen LogP contribution is -2.19. The van der Waals surface area contributed by atoms with E-state index in [1.165, 1.54) is 12.1 Å². The maximum Gasteiger partial charge on any atom is 0.124 e. The summed E-state index contributed by atoms with van der Waals surface area (Å²) in [5, 5.41) is 13.6. The van der Waals surface area contributed by atoms with Gasteiger partial charge < -0.3 is 10.1 Å². The molecular formula is C21H19BrClFN2O. The minimum absolute atomic E-state index is 0.182. The molecule has 2 aromatic carbocycles. The molecule has 140 valence electrons. The molecule has 6 heteroatoms. The van der Waals surface area contributed by atoms with Gasteiger partial charge in [0.2, 0.25) is 0 Å². The van der Waals surface area contributed by atoms with Crippen LogP contribution in [0.15, 0.2) is 76.0 Å². The van der Waals surface area contributed by atoms with E-state index in [4.69, 9.17) is 11.6 Å². The summed E-state index contributed by atoms with van der Waals surface area (Å²) in [7, 11) is 1.96. The molecule has 0 aliphatic carbocycles. The average Bonchev–Trinajstić information content (AvgIpc) is 2.64. The molecule has 0 spiro atoms. The predicted octanol–water partition coefficient (Wildman–Crippen LogP) is 5.98. The molecular weight excluding hydrogens is 431 g/mol. The highest BCUT2D eigenvalue weighted by atomic mass is 79.9. The highest BCUT2D eigenvalue weighted by Gasteiger charge is 2.22. The van der Waals surface area contributed by atoms with Crippen molar-refractivity contribution in [3.05, 3.63) is 92.8 Å². The van der Waals surface area contributed by atoms with Crippen molar-refractivity contribution in [3.63, 3.8) is 0 Å². The molecule has 1 atom stereocenters. The summed E-state index contributed by atoms with van der Waals surface area (Å²) in [4.78, 5) is 2.01. The van der Waals surface area contributed by atoms with Gasteiger partial charge in [0.05, 0.1) is 5.71 Å². The molecule has 0 bridgehead atoms. The van der Waals surface area contributed by atoms with Gasteiger partial charge in [-0.25, -0.2) is 4.39 Å². The standard InChI is InChI=1S/C21H19BrClFN2O/c1-26-10-2-3-15(13-26)21(25-27)12-19(14-4-6-16(22)7-5-14)18-9-8-17(24)11-20(18)23/h2-9,11,13,19,27H,10,12H2,1H3/b25-21+. The van der Waals surface area contributed by atoms with Crippen LogP contribution in [0.2, 0.25) is 5.02 Å². The third-order valence-electron chi connectivity index (χ3n) is 4.51. The van der Waals surface area contributed by atoms with Gasteiger partial charge in [-0.3, -0.25) is 0 Å². The van der Waals surface area contributed by atoms with E-state index in [9.17, 15) is 9.60 Å². The van der Waals surface area contributed by atoms with E-state index in [0.29, 0.717) is 17.2 Å². The molecule has 2 aromatic rings. The van der Waals surface area contributed by atoms with E-state index in [0.717, 1.165) is 27.7 Å². The number of rotatable bonds is 5. The first-order chi connectivity index (χ1) is 13.0. The molecule has 0 radical (unpaired) electrons. The quantitative estimate of drug-likeness (QED) is 0.346. The summed E-state index contributed by atoms with van der Waals surface area (Å²) in [6, 6.07) is 12.3. The molecule has 0 saturated heterocycles. The molecule has 0 amide bonds. The van der Waals surface area contributed by atoms with Crippen molar-refractivity contribution in [1.29, 1.82) is 0 Å². The summed E-state index contributed by atoms with van der Waals surface area (Å²) < 4.78 is 14.5. The van der Waals surface area contributed by atoms with Crippen molar-refractivity contribution < 1.29 is 9.60 Å². The SMILES string of the molecule is CN1C=C(/C(CC(c2ccc(Br)cc2)c2ccc(F)cc2Cl)=N/O)C=CC1. The zero-order valence-corrected chi connectivity index (χ0v) is 17.1. The van der Waals surface area contributed by atoms with Crippen LogP contribution in [-0.4, -0.2) is 29.4 Å². The van der Waals surface area contributed by atoms with Crippen LogP contribution in [-0.2, 0) is 0 Å². The number of oxime groups is 1. The van der Waals surface area contributed by atoms with Crippen molar-refractivity contribution in [2.24, 2.45) is 5.16 Å². The van der Waals surface area contributed by atoms with E-state index >= 15 is 0 Å². The fourth-order valence-corrected chi connectivity index (χ4v) is 3.71. The van der Waals surface area contributed by atoms with Gasteiger partial charge in [-0.1, -0.05) is 63.0 Å². The zero-order chi connectivity index (χ0) is 19.4. The van der Waals surface area contributed by atoms with Crippen molar-refractivity contribution in [2.45, 2.75) is 12.3 Å². The number of likely N-dealkylation sites (N-methyl/N-ethyl adjacent to an activating group) is 1. The molecule has 3 nitrogen and oxygen atoms in total. The molecule has 1 heterocycles. The Kier molecular flexibility index (Phi) is 6.34. The second-order valence-corrected chi connectivity index (χ2v) is 7.77. The molecule has 0 aromatic heterocycles. The third-order valence-corrected chi connectivity index (χ3v) is 5.37. The minimum Gasteiger partial charge on any atom is -0.411 e. The topological polar surface area (TPSA) is 35.8 Å². The monoisotopic (exact) mass is 448 g/mol. The predicted molar refractivity (Wildman–Crippen MR) is 111 cm³/mol. The van der Waals surface area contributed by atoms with Crippen LogP contribution in [0.25, 0.3) is 0 Å². The van der Waals surface area contributed by atoms with E-state index in [-0.39, 0.29) is 11.7 Å². The normalized spacial score (nSPS) is 15.6. The Bertz CT molecular complexity index is 909. The largest absolute Gasteiger partial charge is 0.411 e. The second-order valence-electron chi connectivity index (χ2n) is 6.45. The Labute approximate surface area is 171 Å². The van der Waals surface area contributed by atoms with Crippen LogP contribution in [0.5, 0.6) is 0 Å². The van der Waals surface area contributed by atoms with Crippen LogP contribution in [0, 0.1) is 5.82 Å². The third kappa shape index (κ3) is 4.79. The van der Waals surface area contributed by atoms with Crippen molar-refractivity contribution in [1.82, 2.24) is 4.90 Å². The lowest BCUT2D eigenvalue weighted by molar-refractivity contribution is 0.317. The summed E-state index contributed by atoms with van der Waals surface area (Å²) >= 11 is 9.80. The van der Waals surface area contributed by atoms with Crippen LogP contribution >= 0.6 is 27.5 Å². The molecule has 1 unspecified atom stereocenters. The van der Waals surface area contributed by atoms with Gasteiger partial charge in [-0.2, -0.15) is 0 Å².